The molecule has 0 saturated carbocycles. The maximum absolute atomic E-state index is 6.14. The standard InChI is InChI=1S/C11H12BN/c1-8-7-9-5-3-4-6-11(2,12)10(9)13-8/h3-7,13H,1-2H3. The van der Waals surface area contributed by atoms with Crippen LogP contribution in [0.2, 0.25) is 0 Å². The fourth-order valence-corrected chi connectivity index (χ4v) is 1.69. The van der Waals surface area contributed by atoms with Crippen LogP contribution < -0.4 is 0 Å². The summed E-state index contributed by atoms with van der Waals surface area (Å²) in [5.74, 6) is 0. The van der Waals surface area contributed by atoms with Crippen LogP contribution in [0.4, 0.5) is 0 Å². The lowest BCUT2D eigenvalue weighted by atomic mass is 9.67. The summed E-state index contributed by atoms with van der Waals surface area (Å²) in [6.07, 6.45) is 8.09. The van der Waals surface area contributed by atoms with E-state index < -0.39 is 0 Å². The Bertz CT molecular complexity index is 383. The van der Waals surface area contributed by atoms with Crippen molar-refractivity contribution in [2.24, 2.45) is 0 Å². The number of hydrogen-bond acceptors (Lipinski definition) is 0. The van der Waals surface area contributed by atoms with E-state index in [4.69, 9.17) is 7.85 Å². The Hall–Kier alpha value is -1.18. The Morgan fingerprint density at radius 1 is 1.38 bits per heavy atom. The van der Waals surface area contributed by atoms with E-state index in [2.05, 4.69) is 17.1 Å². The quantitative estimate of drug-likeness (QED) is 0.573. The molecule has 1 N–H and O–H groups in total. The van der Waals surface area contributed by atoms with Gasteiger partial charge in [0.15, 0.2) is 0 Å². The molecule has 1 unspecified atom stereocenters. The molecule has 64 valence electrons. The van der Waals surface area contributed by atoms with Gasteiger partial charge in [-0.15, -0.1) is 0 Å². The van der Waals surface area contributed by atoms with E-state index in [1.54, 1.807) is 0 Å². The van der Waals surface area contributed by atoms with E-state index >= 15 is 0 Å². The van der Waals surface area contributed by atoms with E-state index in [0.717, 1.165) is 11.4 Å². The van der Waals surface area contributed by atoms with Crippen LogP contribution in [0.15, 0.2) is 24.3 Å². The van der Waals surface area contributed by atoms with Gasteiger partial charge in [-0.3, -0.25) is 0 Å². The summed E-state index contributed by atoms with van der Waals surface area (Å²) in [7, 11) is 6.14. The number of aryl methyl sites for hydroxylation is 1. The molecule has 0 aromatic carbocycles. The molecule has 1 aromatic rings. The van der Waals surface area contributed by atoms with E-state index in [9.17, 15) is 0 Å². The van der Waals surface area contributed by atoms with Gasteiger partial charge < -0.3 is 4.98 Å². The Balaban J connectivity index is 2.63. The van der Waals surface area contributed by atoms with Gasteiger partial charge in [0.2, 0.25) is 0 Å². The van der Waals surface area contributed by atoms with Gasteiger partial charge in [0.25, 0.3) is 0 Å². The normalized spacial score (nSPS) is 25.7. The highest BCUT2D eigenvalue weighted by Crippen LogP contribution is 2.28. The van der Waals surface area contributed by atoms with Gasteiger partial charge in [-0.2, -0.15) is 0 Å². The summed E-state index contributed by atoms with van der Waals surface area (Å²) in [6, 6.07) is 2.12. The van der Waals surface area contributed by atoms with Gasteiger partial charge in [-0.1, -0.05) is 31.2 Å². The lowest BCUT2D eigenvalue weighted by Crippen LogP contribution is -2.20. The van der Waals surface area contributed by atoms with Crippen LogP contribution in [0.3, 0.4) is 0 Å². The average Bonchev–Trinajstić information content (AvgIpc) is 2.36. The number of hydrogen-bond donors (Lipinski definition) is 1. The molecule has 0 fully saturated rings. The second-order valence-corrected chi connectivity index (χ2v) is 3.78. The first-order valence-electron chi connectivity index (χ1n) is 4.44. The molecule has 0 aliphatic heterocycles. The number of rotatable bonds is 0. The Morgan fingerprint density at radius 3 is 2.92 bits per heavy atom. The van der Waals surface area contributed by atoms with Crippen molar-refractivity contribution in [2.75, 3.05) is 0 Å². The molecule has 0 saturated heterocycles. The third-order valence-electron chi connectivity index (χ3n) is 2.35. The molecule has 1 atom stereocenters. The van der Waals surface area contributed by atoms with Crippen molar-refractivity contribution in [3.8, 4) is 0 Å². The molecule has 1 aliphatic rings. The number of fused-ring (bicyclic) bond motifs is 1. The van der Waals surface area contributed by atoms with Crippen molar-refractivity contribution in [1.82, 2.24) is 4.98 Å². The van der Waals surface area contributed by atoms with Gasteiger partial charge in [0.05, 0.1) is 7.85 Å². The maximum atomic E-state index is 6.14. The summed E-state index contributed by atoms with van der Waals surface area (Å²) < 4.78 is 0. The van der Waals surface area contributed by atoms with Gasteiger partial charge in [0, 0.05) is 11.4 Å². The summed E-state index contributed by atoms with van der Waals surface area (Å²) >= 11 is 0. The smallest absolute Gasteiger partial charge is 0.0883 e. The molecule has 0 spiro atoms. The molecule has 0 bridgehead atoms. The van der Waals surface area contributed by atoms with Crippen LogP contribution in [-0.4, -0.2) is 12.8 Å². The van der Waals surface area contributed by atoms with Crippen molar-refractivity contribution in [1.29, 1.82) is 0 Å². The summed E-state index contributed by atoms with van der Waals surface area (Å²) in [6.45, 7) is 4.05. The average molecular weight is 169 g/mol. The van der Waals surface area contributed by atoms with E-state index in [-0.39, 0.29) is 5.31 Å². The first-order chi connectivity index (χ1) is 6.09. The minimum Gasteiger partial charge on any atom is -0.362 e. The molecular formula is C11H12BN. The molecule has 13 heavy (non-hydrogen) atoms. The molecule has 0 amide bonds. The lowest BCUT2D eigenvalue weighted by molar-refractivity contribution is 0.820. The van der Waals surface area contributed by atoms with Gasteiger partial charge >= 0.3 is 0 Å². The van der Waals surface area contributed by atoms with Crippen LogP contribution >= 0.6 is 0 Å². The summed E-state index contributed by atoms with van der Waals surface area (Å²) in [5, 5.41) is -0.382. The van der Waals surface area contributed by atoms with Crippen molar-refractivity contribution in [2.45, 2.75) is 19.2 Å². The maximum Gasteiger partial charge on any atom is 0.0883 e. The van der Waals surface area contributed by atoms with Crippen molar-refractivity contribution in [3.63, 3.8) is 0 Å². The van der Waals surface area contributed by atoms with Gasteiger partial charge in [-0.05, 0) is 23.9 Å². The van der Waals surface area contributed by atoms with Crippen molar-refractivity contribution < 1.29 is 0 Å². The SMILES string of the molecule is [B]C1(C)C=CC=Cc2cc(C)[nH]c21. The third-order valence-corrected chi connectivity index (χ3v) is 2.35. The minimum absolute atomic E-state index is 0.382. The molecule has 2 radical (unpaired) electrons. The Labute approximate surface area is 80.0 Å². The number of aromatic nitrogens is 1. The van der Waals surface area contributed by atoms with Crippen molar-refractivity contribution in [3.05, 3.63) is 41.2 Å². The zero-order valence-electron chi connectivity index (χ0n) is 7.96. The lowest BCUT2D eigenvalue weighted by Gasteiger charge is -2.19. The van der Waals surface area contributed by atoms with Crippen molar-refractivity contribution >= 4 is 13.9 Å². The van der Waals surface area contributed by atoms with E-state index in [1.807, 2.05) is 32.1 Å². The zero-order valence-corrected chi connectivity index (χ0v) is 7.96. The number of nitrogens with one attached hydrogen (secondary N) is 1. The van der Waals surface area contributed by atoms with Gasteiger partial charge in [-0.25, -0.2) is 0 Å². The molecule has 2 heteroatoms. The number of aromatic amines is 1. The van der Waals surface area contributed by atoms with E-state index in [1.165, 1.54) is 5.56 Å². The molecular weight excluding hydrogens is 157 g/mol. The Morgan fingerprint density at radius 2 is 2.15 bits per heavy atom. The fraction of sp³-hybridized carbons (Fsp3) is 0.273. The van der Waals surface area contributed by atoms with E-state index in [0.29, 0.717) is 0 Å². The second kappa shape index (κ2) is 2.66. The monoisotopic (exact) mass is 169 g/mol. The molecule has 1 aromatic heterocycles. The van der Waals surface area contributed by atoms with Crippen LogP contribution in [-0.2, 0) is 5.31 Å². The number of H-pyrrole nitrogens is 1. The highest BCUT2D eigenvalue weighted by molar-refractivity contribution is 6.17. The predicted octanol–water partition coefficient (Wildman–Crippen LogP) is 2.29. The van der Waals surface area contributed by atoms with Crippen LogP contribution in [0, 0.1) is 6.92 Å². The van der Waals surface area contributed by atoms with Crippen LogP contribution in [0.25, 0.3) is 6.08 Å². The summed E-state index contributed by atoms with van der Waals surface area (Å²) in [5.41, 5.74) is 3.43. The molecule has 2 rings (SSSR count). The molecule has 1 aliphatic carbocycles. The number of allylic oxidation sites excluding steroid dienone is 3. The minimum atomic E-state index is -0.382. The molecule has 1 nitrogen and oxygen atoms in total. The van der Waals surface area contributed by atoms with Crippen LogP contribution in [0.1, 0.15) is 23.9 Å². The highest BCUT2D eigenvalue weighted by atomic mass is 14.7. The van der Waals surface area contributed by atoms with Gasteiger partial charge in [0.1, 0.15) is 0 Å². The third kappa shape index (κ3) is 1.37. The molecule has 1 heterocycles. The summed E-state index contributed by atoms with van der Waals surface area (Å²) in [4.78, 5) is 3.30. The second-order valence-electron chi connectivity index (χ2n) is 3.78. The largest absolute Gasteiger partial charge is 0.362 e. The zero-order chi connectivity index (χ0) is 9.47. The fourth-order valence-electron chi connectivity index (χ4n) is 1.69. The Kier molecular flexibility index (Phi) is 1.72. The van der Waals surface area contributed by atoms with Crippen LogP contribution in [0.5, 0.6) is 0 Å². The highest BCUT2D eigenvalue weighted by Gasteiger charge is 2.21. The first-order valence-corrected chi connectivity index (χ1v) is 4.44. The first kappa shape index (κ1) is 8.42. The predicted molar refractivity (Wildman–Crippen MR) is 56.8 cm³/mol. The topological polar surface area (TPSA) is 15.8 Å².